The van der Waals surface area contributed by atoms with E-state index in [-0.39, 0.29) is 19.1 Å². The van der Waals surface area contributed by atoms with Crippen LogP contribution in [-0.4, -0.2) is 38.8 Å². The van der Waals surface area contributed by atoms with Crippen LogP contribution in [0, 0.1) is 13.8 Å². The maximum atomic E-state index is 12.0. The van der Waals surface area contributed by atoms with Crippen molar-refractivity contribution < 1.29 is 23.8 Å². The maximum Gasteiger partial charge on any atom is 0.338 e. The summed E-state index contributed by atoms with van der Waals surface area (Å²) in [6, 6.07) is 12.2. The molecule has 6 heteroatoms. The highest BCUT2D eigenvalue weighted by Gasteiger charge is 2.09. The molecule has 2 rings (SSSR count). The highest BCUT2D eigenvalue weighted by Crippen LogP contribution is 2.20. The Morgan fingerprint density at radius 1 is 1.00 bits per heavy atom. The molecule has 138 valence electrons. The van der Waals surface area contributed by atoms with Gasteiger partial charge in [-0.2, -0.15) is 0 Å². The first-order valence-electron chi connectivity index (χ1n) is 8.26. The van der Waals surface area contributed by atoms with Crippen LogP contribution in [-0.2, 0) is 14.3 Å². The summed E-state index contributed by atoms with van der Waals surface area (Å²) in [5.74, 6) is -0.0196. The third-order valence-electron chi connectivity index (χ3n) is 3.84. The fraction of sp³-hybridized carbons (Fsp3) is 0.300. The zero-order chi connectivity index (χ0) is 18.9. The minimum atomic E-state index is -0.432. The molecule has 2 aromatic rings. The summed E-state index contributed by atoms with van der Waals surface area (Å²) in [6.07, 6.45) is 0. The fourth-order valence-corrected chi connectivity index (χ4v) is 2.21. The Morgan fingerprint density at radius 3 is 2.42 bits per heavy atom. The van der Waals surface area contributed by atoms with Gasteiger partial charge >= 0.3 is 5.97 Å². The van der Waals surface area contributed by atoms with Gasteiger partial charge in [0, 0.05) is 12.8 Å². The van der Waals surface area contributed by atoms with Gasteiger partial charge in [-0.15, -0.1) is 0 Å². The van der Waals surface area contributed by atoms with E-state index in [1.54, 1.807) is 24.3 Å². The number of benzene rings is 2. The Bertz CT molecular complexity index is 755. The molecule has 0 aliphatic rings. The van der Waals surface area contributed by atoms with Gasteiger partial charge in [-0.1, -0.05) is 12.1 Å². The van der Waals surface area contributed by atoms with Gasteiger partial charge < -0.3 is 19.5 Å². The molecular weight excluding hydrogens is 334 g/mol. The number of carbonyl (C=O) groups excluding carboxylic acids is 2. The molecule has 0 fully saturated rings. The van der Waals surface area contributed by atoms with Crippen molar-refractivity contribution in [2.75, 3.05) is 32.2 Å². The van der Waals surface area contributed by atoms with Gasteiger partial charge in [-0.25, -0.2) is 4.79 Å². The lowest BCUT2D eigenvalue weighted by atomic mass is 10.1. The zero-order valence-corrected chi connectivity index (χ0v) is 15.2. The number of methoxy groups -OCH3 is 1. The van der Waals surface area contributed by atoms with Crippen molar-refractivity contribution in [1.82, 2.24) is 0 Å². The van der Waals surface area contributed by atoms with Gasteiger partial charge in [0.15, 0.2) is 6.61 Å². The second-order valence-corrected chi connectivity index (χ2v) is 5.74. The quantitative estimate of drug-likeness (QED) is 0.580. The summed E-state index contributed by atoms with van der Waals surface area (Å²) >= 11 is 0. The van der Waals surface area contributed by atoms with E-state index in [4.69, 9.17) is 14.2 Å². The van der Waals surface area contributed by atoms with E-state index in [0.717, 1.165) is 11.1 Å². The third kappa shape index (κ3) is 5.60. The van der Waals surface area contributed by atoms with E-state index < -0.39 is 5.97 Å². The number of hydrogen-bond acceptors (Lipinski definition) is 5. The van der Waals surface area contributed by atoms with Crippen molar-refractivity contribution >= 4 is 17.6 Å². The predicted molar refractivity (Wildman–Crippen MR) is 98.6 cm³/mol. The van der Waals surface area contributed by atoms with Crippen LogP contribution in [0.1, 0.15) is 21.5 Å². The molecule has 0 atom stereocenters. The monoisotopic (exact) mass is 357 g/mol. The normalized spacial score (nSPS) is 10.3. The van der Waals surface area contributed by atoms with Gasteiger partial charge in [0.2, 0.25) is 0 Å². The highest BCUT2D eigenvalue weighted by molar-refractivity contribution is 5.93. The van der Waals surface area contributed by atoms with Crippen LogP contribution in [0.15, 0.2) is 42.5 Å². The molecule has 1 amide bonds. The molecule has 6 nitrogen and oxygen atoms in total. The minimum absolute atomic E-state index is 0.0922. The number of ether oxygens (including phenoxy) is 3. The average molecular weight is 357 g/mol. The Labute approximate surface area is 153 Å². The minimum Gasteiger partial charge on any atom is -0.483 e. The van der Waals surface area contributed by atoms with Crippen LogP contribution >= 0.6 is 0 Å². The van der Waals surface area contributed by atoms with Crippen molar-refractivity contribution in [2.45, 2.75) is 13.8 Å². The number of esters is 1. The first-order chi connectivity index (χ1) is 12.5. The van der Waals surface area contributed by atoms with E-state index in [1.807, 2.05) is 32.0 Å². The predicted octanol–water partition coefficient (Wildman–Crippen LogP) is 3.12. The number of amides is 1. The standard InChI is InChI=1S/C20H23NO5/c1-14-5-4-6-18(15(14)2)26-13-19(22)21-17-9-7-16(8-10-17)20(23)25-12-11-24-3/h4-10H,11-13H2,1-3H3,(H,21,22). The number of anilines is 1. The van der Waals surface area contributed by atoms with Crippen molar-refractivity contribution in [1.29, 1.82) is 0 Å². The van der Waals surface area contributed by atoms with Crippen molar-refractivity contribution in [3.63, 3.8) is 0 Å². The molecule has 1 N–H and O–H groups in total. The molecule has 0 aliphatic carbocycles. The smallest absolute Gasteiger partial charge is 0.338 e. The maximum absolute atomic E-state index is 12.0. The Kier molecular flexibility index (Phi) is 7.17. The van der Waals surface area contributed by atoms with Crippen LogP contribution in [0.5, 0.6) is 5.75 Å². The lowest BCUT2D eigenvalue weighted by molar-refractivity contribution is -0.118. The molecule has 0 unspecified atom stereocenters. The van der Waals surface area contributed by atoms with Crippen LogP contribution in [0.4, 0.5) is 5.69 Å². The van der Waals surface area contributed by atoms with E-state index in [9.17, 15) is 9.59 Å². The summed E-state index contributed by atoms with van der Waals surface area (Å²) in [6.45, 7) is 4.39. The van der Waals surface area contributed by atoms with E-state index in [0.29, 0.717) is 23.6 Å². The summed E-state index contributed by atoms with van der Waals surface area (Å²) in [4.78, 5) is 23.8. The van der Waals surface area contributed by atoms with E-state index >= 15 is 0 Å². The van der Waals surface area contributed by atoms with Crippen LogP contribution in [0.2, 0.25) is 0 Å². The largest absolute Gasteiger partial charge is 0.483 e. The Morgan fingerprint density at radius 2 is 1.73 bits per heavy atom. The lowest BCUT2D eigenvalue weighted by Gasteiger charge is -2.11. The van der Waals surface area contributed by atoms with Crippen LogP contribution < -0.4 is 10.1 Å². The number of rotatable bonds is 8. The van der Waals surface area contributed by atoms with Gasteiger partial charge in [-0.05, 0) is 55.3 Å². The topological polar surface area (TPSA) is 73.9 Å². The molecule has 0 heterocycles. The first kappa shape index (κ1) is 19.5. The van der Waals surface area contributed by atoms with Crippen LogP contribution in [0.25, 0.3) is 0 Å². The van der Waals surface area contributed by atoms with Crippen molar-refractivity contribution in [3.05, 3.63) is 59.2 Å². The molecule has 0 spiro atoms. The number of hydrogen-bond donors (Lipinski definition) is 1. The summed E-state index contributed by atoms with van der Waals surface area (Å²) in [7, 11) is 1.54. The molecular formula is C20H23NO5. The first-order valence-corrected chi connectivity index (χ1v) is 8.26. The molecule has 2 aromatic carbocycles. The molecule has 0 radical (unpaired) electrons. The number of carbonyl (C=O) groups is 2. The van der Waals surface area contributed by atoms with E-state index in [2.05, 4.69) is 5.32 Å². The lowest BCUT2D eigenvalue weighted by Crippen LogP contribution is -2.20. The Hall–Kier alpha value is -2.86. The third-order valence-corrected chi connectivity index (χ3v) is 3.84. The molecule has 0 bridgehead atoms. The zero-order valence-electron chi connectivity index (χ0n) is 15.2. The molecule has 0 aliphatic heterocycles. The summed E-state index contributed by atoms with van der Waals surface area (Å²) in [5.41, 5.74) is 3.10. The van der Waals surface area contributed by atoms with Crippen LogP contribution in [0.3, 0.4) is 0 Å². The van der Waals surface area contributed by atoms with Crippen molar-refractivity contribution in [2.24, 2.45) is 0 Å². The van der Waals surface area contributed by atoms with E-state index in [1.165, 1.54) is 7.11 Å². The van der Waals surface area contributed by atoms with Gasteiger partial charge in [0.1, 0.15) is 12.4 Å². The highest BCUT2D eigenvalue weighted by atomic mass is 16.6. The second kappa shape index (κ2) is 9.58. The summed E-state index contributed by atoms with van der Waals surface area (Å²) in [5, 5.41) is 2.73. The average Bonchev–Trinajstić information content (AvgIpc) is 2.63. The van der Waals surface area contributed by atoms with Gasteiger partial charge in [-0.3, -0.25) is 4.79 Å². The number of nitrogens with one attached hydrogen (secondary N) is 1. The summed E-state index contributed by atoms with van der Waals surface area (Å²) < 4.78 is 15.4. The fourth-order valence-electron chi connectivity index (χ4n) is 2.21. The molecule has 0 saturated heterocycles. The van der Waals surface area contributed by atoms with Gasteiger partial charge in [0.25, 0.3) is 5.91 Å². The van der Waals surface area contributed by atoms with Gasteiger partial charge in [0.05, 0.1) is 12.2 Å². The second-order valence-electron chi connectivity index (χ2n) is 5.74. The van der Waals surface area contributed by atoms with Crippen molar-refractivity contribution in [3.8, 4) is 5.75 Å². The molecule has 0 saturated carbocycles. The molecule has 0 aromatic heterocycles. The number of aryl methyl sites for hydroxylation is 1. The SMILES string of the molecule is COCCOC(=O)c1ccc(NC(=O)COc2cccc(C)c2C)cc1. The molecule has 26 heavy (non-hydrogen) atoms. The Balaban J connectivity index is 1.85.